The van der Waals surface area contributed by atoms with Gasteiger partial charge in [-0.2, -0.15) is 0 Å². The van der Waals surface area contributed by atoms with Gasteiger partial charge >= 0.3 is 5.97 Å². The van der Waals surface area contributed by atoms with E-state index in [2.05, 4.69) is 40.7 Å². The van der Waals surface area contributed by atoms with Crippen molar-refractivity contribution < 1.29 is 23.4 Å². The van der Waals surface area contributed by atoms with Crippen LogP contribution >= 0.6 is 0 Å². The average Bonchev–Trinajstić information content (AvgIpc) is 3.12. The zero-order chi connectivity index (χ0) is 36.6. The summed E-state index contributed by atoms with van der Waals surface area (Å²) in [6, 6.07) is 14.1. The summed E-state index contributed by atoms with van der Waals surface area (Å²) in [6.45, 7) is 13.9. The van der Waals surface area contributed by atoms with Crippen LogP contribution in [0.15, 0.2) is 69.4 Å². The highest BCUT2D eigenvalue weighted by Crippen LogP contribution is 2.65. The highest BCUT2D eigenvalue weighted by Gasteiger charge is 2.56. The van der Waals surface area contributed by atoms with Crippen LogP contribution in [0.5, 0.6) is 17.2 Å². The van der Waals surface area contributed by atoms with Crippen molar-refractivity contribution in [1.82, 2.24) is 0 Å². The van der Waals surface area contributed by atoms with Crippen molar-refractivity contribution in [2.24, 2.45) is 46.3 Å². The maximum Gasteiger partial charge on any atom is 0.344 e. The van der Waals surface area contributed by atoms with Gasteiger partial charge < -0.3 is 18.6 Å². The maximum atomic E-state index is 13.2. The van der Waals surface area contributed by atoms with Crippen LogP contribution in [0.1, 0.15) is 117 Å². The van der Waals surface area contributed by atoms with Gasteiger partial charge in [0.05, 0.1) is 5.39 Å². The number of carbonyl (C=O) groups excluding carboxylic acids is 1. The largest absolute Gasteiger partial charge is 0.482 e. The lowest BCUT2D eigenvalue weighted by Crippen LogP contribution is -2.52. The van der Waals surface area contributed by atoms with E-state index in [1.54, 1.807) is 37.3 Å². The van der Waals surface area contributed by atoms with Crippen LogP contribution in [-0.2, 0) is 9.53 Å². The monoisotopic (exact) mass is 708 g/mol. The molecule has 0 aliphatic heterocycles. The first-order valence-electron chi connectivity index (χ1n) is 20.3. The zero-order valence-corrected chi connectivity index (χ0v) is 32.4. The molecule has 52 heavy (non-hydrogen) atoms. The van der Waals surface area contributed by atoms with Crippen molar-refractivity contribution in [1.29, 1.82) is 0 Å². The molecule has 3 fully saturated rings. The van der Waals surface area contributed by atoms with Gasteiger partial charge in [0.25, 0.3) is 0 Å². The van der Waals surface area contributed by atoms with Crippen molar-refractivity contribution >= 4 is 16.9 Å². The van der Waals surface area contributed by atoms with Gasteiger partial charge in [-0.25, -0.2) is 4.79 Å². The Morgan fingerprint density at radius 3 is 2.54 bits per heavy atom. The number of carbonyl (C=O) groups is 1. The molecule has 0 N–H and O–H groups in total. The number of aryl methyl sites for hydroxylation is 1. The smallest absolute Gasteiger partial charge is 0.344 e. The predicted molar refractivity (Wildman–Crippen MR) is 207 cm³/mol. The number of hydrogen-bond donors (Lipinski definition) is 0. The molecule has 6 unspecified atom stereocenters. The molecular weight excluding hydrogens is 649 g/mol. The summed E-state index contributed by atoms with van der Waals surface area (Å²) in [5.41, 5.74) is 2.34. The SMILES string of the molecule is Cc1oc2cc(OCC(=O)OC3CC[C@@]4(C)C(=CCC5C6CCC(C(C)CCCC(C)C)C[C@@]6(C)CCC54)C3)ccc2c(=O)c1Oc1ccccc1. The zero-order valence-electron chi connectivity index (χ0n) is 32.4. The van der Waals surface area contributed by atoms with E-state index in [9.17, 15) is 9.59 Å². The fourth-order valence-electron chi connectivity index (χ4n) is 11.0. The molecule has 4 aliphatic carbocycles. The molecule has 4 aliphatic rings. The van der Waals surface area contributed by atoms with Crippen LogP contribution < -0.4 is 14.9 Å². The molecule has 8 atom stereocenters. The molecule has 1 heterocycles. The molecule has 7 rings (SSSR count). The number of fused-ring (bicyclic) bond motifs is 6. The van der Waals surface area contributed by atoms with Crippen LogP contribution in [0.2, 0.25) is 0 Å². The number of ether oxygens (including phenoxy) is 3. The Hall–Kier alpha value is -3.54. The van der Waals surface area contributed by atoms with Gasteiger partial charge in [-0.15, -0.1) is 0 Å². The van der Waals surface area contributed by atoms with E-state index >= 15 is 0 Å². The lowest BCUT2D eigenvalue weighted by atomic mass is 9.44. The van der Waals surface area contributed by atoms with E-state index in [0.717, 1.165) is 54.8 Å². The number of allylic oxidation sites excluding steroid dienone is 1. The van der Waals surface area contributed by atoms with Gasteiger partial charge in [0.2, 0.25) is 11.2 Å². The Labute approximate surface area is 310 Å². The second kappa shape index (κ2) is 15.1. The summed E-state index contributed by atoms with van der Waals surface area (Å²) >= 11 is 0. The Morgan fingerprint density at radius 2 is 1.75 bits per heavy atom. The average molecular weight is 709 g/mol. The number of esters is 1. The molecule has 0 bridgehead atoms. The molecule has 6 heteroatoms. The predicted octanol–water partition coefficient (Wildman–Crippen LogP) is 11.6. The van der Waals surface area contributed by atoms with Gasteiger partial charge in [-0.3, -0.25) is 4.79 Å². The van der Waals surface area contributed by atoms with Crippen LogP contribution in [0.4, 0.5) is 0 Å². The molecule has 0 spiro atoms. The van der Waals surface area contributed by atoms with Crippen LogP contribution in [0, 0.1) is 53.3 Å². The van der Waals surface area contributed by atoms with E-state index in [-0.39, 0.29) is 35.3 Å². The van der Waals surface area contributed by atoms with Crippen molar-refractivity contribution in [2.75, 3.05) is 6.61 Å². The third-order valence-corrected chi connectivity index (χ3v) is 14.0. The lowest BCUT2D eigenvalue weighted by molar-refractivity contribution is -0.154. The third-order valence-electron chi connectivity index (χ3n) is 14.0. The first-order valence-corrected chi connectivity index (χ1v) is 20.3. The quantitative estimate of drug-likeness (QED) is 0.146. The minimum atomic E-state index is -0.365. The number of hydrogen-bond acceptors (Lipinski definition) is 6. The van der Waals surface area contributed by atoms with Gasteiger partial charge in [-0.1, -0.05) is 83.7 Å². The normalized spacial score (nSPS) is 30.4. The van der Waals surface area contributed by atoms with Crippen LogP contribution in [0.25, 0.3) is 11.0 Å². The van der Waals surface area contributed by atoms with E-state index < -0.39 is 0 Å². The summed E-state index contributed by atoms with van der Waals surface area (Å²) in [5, 5.41) is 0.386. The van der Waals surface area contributed by atoms with Crippen molar-refractivity contribution in [3.63, 3.8) is 0 Å². The molecule has 1 aromatic heterocycles. The van der Waals surface area contributed by atoms with Gasteiger partial charge in [-0.05, 0) is 129 Å². The third kappa shape index (κ3) is 7.46. The number of para-hydroxylation sites is 1. The Kier molecular flexibility index (Phi) is 10.7. The minimum Gasteiger partial charge on any atom is -0.482 e. The van der Waals surface area contributed by atoms with Crippen molar-refractivity contribution in [3.05, 3.63) is 76.2 Å². The second-order valence-corrected chi connectivity index (χ2v) is 17.8. The molecule has 3 saturated carbocycles. The summed E-state index contributed by atoms with van der Waals surface area (Å²) in [5.74, 6) is 6.09. The standard InChI is InChI=1S/C46H60O6/c1-29(2)11-10-12-30(3)32-15-20-39-37-18-16-33-25-36(21-24-46(33,6)40(37)22-23-45(39,5)27-32)51-42(47)28-49-35-17-19-38-41(26-35)50-31(4)44(43(38)48)52-34-13-8-7-9-14-34/h7-9,13-14,16-17,19,26,29-30,32,36-37,39-40H,10-12,15,18,20-25,27-28H2,1-6H3/t30?,32?,36?,37?,39?,40?,45-,46+/m1/s1. The molecular formula is C46H60O6. The molecule has 0 radical (unpaired) electrons. The number of benzene rings is 2. The number of rotatable bonds is 11. The van der Waals surface area contributed by atoms with Gasteiger partial charge in [0.1, 0.15) is 28.9 Å². The first kappa shape index (κ1) is 36.8. The van der Waals surface area contributed by atoms with Gasteiger partial charge in [0.15, 0.2) is 6.61 Å². The molecule has 3 aromatic rings. The maximum absolute atomic E-state index is 13.2. The minimum absolute atomic E-state index is 0.117. The fourth-order valence-corrected chi connectivity index (χ4v) is 11.0. The lowest BCUT2D eigenvalue weighted by Gasteiger charge is -2.61. The van der Waals surface area contributed by atoms with Crippen LogP contribution in [0.3, 0.4) is 0 Å². The van der Waals surface area contributed by atoms with E-state index in [4.69, 9.17) is 18.6 Å². The summed E-state index contributed by atoms with van der Waals surface area (Å²) < 4.78 is 23.7. The molecule has 0 saturated heterocycles. The Morgan fingerprint density at radius 1 is 0.942 bits per heavy atom. The molecule has 0 amide bonds. The molecule has 2 aromatic carbocycles. The highest BCUT2D eigenvalue weighted by atomic mass is 16.6. The highest BCUT2D eigenvalue weighted by molar-refractivity contribution is 5.80. The Balaban J connectivity index is 0.933. The van der Waals surface area contributed by atoms with E-state index in [0.29, 0.717) is 33.6 Å². The topological polar surface area (TPSA) is 75.0 Å². The fraction of sp³-hybridized carbons (Fsp3) is 0.609. The van der Waals surface area contributed by atoms with Crippen molar-refractivity contribution in [3.8, 4) is 17.2 Å². The van der Waals surface area contributed by atoms with Crippen molar-refractivity contribution in [2.45, 2.75) is 125 Å². The Bertz CT molecular complexity index is 1820. The van der Waals surface area contributed by atoms with Crippen LogP contribution in [-0.4, -0.2) is 18.7 Å². The second-order valence-electron chi connectivity index (χ2n) is 17.8. The van der Waals surface area contributed by atoms with Gasteiger partial charge in [0, 0.05) is 12.5 Å². The first-order chi connectivity index (χ1) is 24.9. The molecule has 280 valence electrons. The summed E-state index contributed by atoms with van der Waals surface area (Å²) in [6.07, 6.45) is 17.5. The molecule has 6 nitrogen and oxygen atoms in total. The van der Waals surface area contributed by atoms with E-state index in [1.165, 1.54) is 63.4 Å². The summed E-state index contributed by atoms with van der Waals surface area (Å²) in [4.78, 5) is 26.2. The summed E-state index contributed by atoms with van der Waals surface area (Å²) in [7, 11) is 0. The van der Waals surface area contributed by atoms with E-state index in [1.807, 2.05) is 18.2 Å².